The maximum absolute atomic E-state index is 15.1. The normalized spacial score (nSPS) is 22.3. The molecule has 3 aromatic carbocycles. The molecule has 10 rings (SSSR count). The molecule has 5 amide bonds. The van der Waals surface area contributed by atoms with Gasteiger partial charge in [0.15, 0.2) is 0 Å². The summed E-state index contributed by atoms with van der Waals surface area (Å²) in [7, 11) is 0. The molecule has 4 aliphatic heterocycles. The van der Waals surface area contributed by atoms with Crippen molar-refractivity contribution in [2.75, 3.05) is 85.1 Å². The molecular formula is C57H72FN9O6. The highest BCUT2D eigenvalue weighted by molar-refractivity contribution is 5.98. The lowest BCUT2D eigenvalue weighted by molar-refractivity contribution is -0.140. The molecule has 2 N–H and O–H groups in total. The Kier molecular flexibility index (Phi) is 15.7. The summed E-state index contributed by atoms with van der Waals surface area (Å²) in [4.78, 5) is 93.2. The third kappa shape index (κ3) is 11.9. The molecule has 2 saturated carbocycles. The van der Waals surface area contributed by atoms with E-state index in [1.165, 1.54) is 6.07 Å². The maximum Gasteiger partial charge on any atom is 0.272 e. The molecule has 3 atom stereocenters. The first-order valence-electron chi connectivity index (χ1n) is 27.2. The number of piperidine rings is 2. The van der Waals surface area contributed by atoms with Crippen LogP contribution in [0.1, 0.15) is 121 Å². The summed E-state index contributed by atoms with van der Waals surface area (Å²) >= 11 is 0. The Morgan fingerprint density at radius 2 is 1.48 bits per heavy atom. The highest BCUT2D eigenvalue weighted by Crippen LogP contribution is 2.35. The lowest BCUT2D eigenvalue weighted by atomic mass is 9.82. The van der Waals surface area contributed by atoms with Gasteiger partial charge < -0.3 is 24.9 Å². The van der Waals surface area contributed by atoms with Crippen molar-refractivity contribution in [3.05, 3.63) is 111 Å². The molecule has 388 valence electrons. The molecule has 0 spiro atoms. The Hall–Kier alpha value is -6.00. The summed E-state index contributed by atoms with van der Waals surface area (Å²) in [6, 6.07) is 19.0. The van der Waals surface area contributed by atoms with Crippen LogP contribution < -0.4 is 10.9 Å². The van der Waals surface area contributed by atoms with E-state index in [1.54, 1.807) is 29.2 Å². The number of hydrogen-bond donors (Lipinski definition) is 2. The Labute approximate surface area is 427 Å². The average molecular weight is 998 g/mol. The standard InChI is InChI=1S/C57H72FN9O6/c1-38-34-63(25-30-67(38)57(73)52(41-9-3-2-4-10-41)59-53(69)44-12-7-11-43(33-44)45-13-8-22-66(36-45)55(71)42-17-18-42)35-39-20-23-62(24-21-39)37-51(68)64-26-28-65(29-27-64)56(72)48-31-40(16-19-49(48)58)32-50-46-14-5-6-15-47(46)54(70)61-60-50/h5-7,11-12,14-16,19,31,33,38-39,41-42,45,52H,2-4,8-10,13,17-18,20-30,32,34-37H2,1H3,(H,59,69)(H,61,70)/t38-,45+,52+/m0/s1. The molecule has 6 aliphatic rings. The zero-order valence-electron chi connectivity index (χ0n) is 42.5. The third-order valence-electron chi connectivity index (χ3n) is 16.9. The second kappa shape index (κ2) is 22.6. The molecule has 16 heteroatoms. The molecular weight excluding hydrogens is 926 g/mol. The van der Waals surface area contributed by atoms with Gasteiger partial charge in [-0.15, -0.1) is 0 Å². The number of piperazine rings is 2. The fourth-order valence-electron chi connectivity index (χ4n) is 12.4. The van der Waals surface area contributed by atoms with E-state index in [-0.39, 0.29) is 58.5 Å². The van der Waals surface area contributed by atoms with Crippen molar-refractivity contribution in [2.24, 2.45) is 17.8 Å². The maximum atomic E-state index is 15.1. The number of carbonyl (C=O) groups excluding carboxylic acids is 5. The van der Waals surface area contributed by atoms with Gasteiger partial charge in [0.05, 0.1) is 23.2 Å². The van der Waals surface area contributed by atoms with E-state index >= 15 is 4.39 Å². The van der Waals surface area contributed by atoms with Crippen molar-refractivity contribution < 1.29 is 28.4 Å². The molecule has 1 aromatic heterocycles. The van der Waals surface area contributed by atoms with E-state index in [2.05, 4.69) is 38.3 Å². The SMILES string of the molecule is C[C@H]1CN(CC2CCN(CC(=O)N3CCN(C(=O)c4cc(Cc5n[nH]c(=O)c6ccccc56)ccc4F)CC3)CC2)CCN1C(=O)[C@H](NC(=O)c1cccc([C@@H]2CCCN(C(=O)C3CC3)C2)c1)C1CCCCC1. The molecule has 6 fully saturated rings. The number of likely N-dealkylation sites (tertiary alicyclic amines) is 2. The highest BCUT2D eigenvalue weighted by Gasteiger charge is 2.39. The topological polar surface area (TPSA) is 163 Å². The fourth-order valence-corrected chi connectivity index (χ4v) is 12.4. The van der Waals surface area contributed by atoms with Crippen LogP contribution >= 0.6 is 0 Å². The van der Waals surface area contributed by atoms with Crippen LogP contribution in [0, 0.1) is 23.6 Å². The number of halogens is 1. The minimum atomic E-state index is -0.604. The van der Waals surface area contributed by atoms with Gasteiger partial charge in [-0.05, 0) is 125 Å². The second-order valence-corrected chi connectivity index (χ2v) is 21.9. The quantitative estimate of drug-likeness (QED) is 0.172. The molecule has 5 heterocycles. The molecule has 0 unspecified atom stereocenters. The molecule has 0 radical (unpaired) electrons. The number of amides is 5. The summed E-state index contributed by atoms with van der Waals surface area (Å²) < 4.78 is 15.1. The molecule has 73 heavy (non-hydrogen) atoms. The second-order valence-electron chi connectivity index (χ2n) is 21.9. The van der Waals surface area contributed by atoms with Gasteiger partial charge in [-0.25, -0.2) is 9.49 Å². The van der Waals surface area contributed by atoms with E-state index in [0.29, 0.717) is 85.7 Å². The van der Waals surface area contributed by atoms with Crippen LogP contribution in [-0.4, -0.2) is 166 Å². The van der Waals surface area contributed by atoms with Crippen molar-refractivity contribution in [3.63, 3.8) is 0 Å². The van der Waals surface area contributed by atoms with Gasteiger partial charge in [0, 0.05) is 101 Å². The van der Waals surface area contributed by atoms with Gasteiger partial charge in [0.1, 0.15) is 11.9 Å². The van der Waals surface area contributed by atoms with Gasteiger partial charge in [0.25, 0.3) is 17.4 Å². The number of carbonyl (C=O) groups is 5. The van der Waals surface area contributed by atoms with Crippen molar-refractivity contribution in [2.45, 2.75) is 102 Å². The number of nitrogens with zero attached hydrogens (tertiary/aromatic N) is 7. The largest absolute Gasteiger partial charge is 0.342 e. The van der Waals surface area contributed by atoms with E-state index in [4.69, 9.17) is 0 Å². The van der Waals surface area contributed by atoms with Crippen LogP contribution in [0.15, 0.2) is 71.5 Å². The monoisotopic (exact) mass is 998 g/mol. The minimum Gasteiger partial charge on any atom is -0.342 e. The Morgan fingerprint density at radius 1 is 0.726 bits per heavy atom. The average Bonchev–Trinajstić information content (AvgIpc) is 4.28. The van der Waals surface area contributed by atoms with E-state index < -0.39 is 17.8 Å². The van der Waals surface area contributed by atoms with Crippen LogP contribution in [0.2, 0.25) is 0 Å². The van der Waals surface area contributed by atoms with Crippen LogP contribution in [0.3, 0.4) is 0 Å². The molecule has 4 saturated heterocycles. The first kappa shape index (κ1) is 50.5. The van der Waals surface area contributed by atoms with Gasteiger partial charge >= 0.3 is 0 Å². The molecule has 4 aromatic rings. The Balaban J connectivity index is 0.668. The zero-order chi connectivity index (χ0) is 50.6. The summed E-state index contributed by atoms with van der Waals surface area (Å²) in [6.07, 6.45) is 11.4. The number of benzene rings is 3. The number of aromatic nitrogens is 2. The van der Waals surface area contributed by atoms with Gasteiger partial charge in [-0.1, -0.05) is 55.7 Å². The lowest BCUT2D eigenvalue weighted by Gasteiger charge is -2.44. The van der Waals surface area contributed by atoms with Crippen LogP contribution in [0.25, 0.3) is 10.8 Å². The molecule has 15 nitrogen and oxygen atoms in total. The van der Waals surface area contributed by atoms with E-state index in [0.717, 1.165) is 115 Å². The Morgan fingerprint density at radius 3 is 2.23 bits per heavy atom. The predicted octanol–water partition coefficient (Wildman–Crippen LogP) is 5.68. The summed E-state index contributed by atoms with van der Waals surface area (Å²) in [5, 5.41) is 11.3. The first-order chi connectivity index (χ1) is 35.4. The van der Waals surface area contributed by atoms with Crippen molar-refractivity contribution in [3.8, 4) is 0 Å². The summed E-state index contributed by atoms with van der Waals surface area (Å²) in [5.74, 6) is 0.127. The molecule has 0 bridgehead atoms. The fraction of sp³-hybridized carbons (Fsp3) is 0.561. The molecule has 2 aliphatic carbocycles. The van der Waals surface area contributed by atoms with Gasteiger partial charge in [-0.2, -0.15) is 5.10 Å². The summed E-state index contributed by atoms with van der Waals surface area (Å²) in [6.45, 7) is 10.1. The minimum absolute atomic E-state index is 0.00468. The van der Waals surface area contributed by atoms with Crippen molar-refractivity contribution in [1.29, 1.82) is 0 Å². The van der Waals surface area contributed by atoms with Crippen molar-refractivity contribution >= 4 is 40.3 Å². The van der Waals surface area contributed by atoms with Gasteiger partial charge in [0.2, 0.25) is 17.7 Å². The van der Waals surface area contributed by atoms with E-state index in [9.17, 15) is 28.8 Å². The lowest BCUT2D eigenvalue weighted by Crippen LogP contribution is -2.60. The number of rotatable bonds is 13. The number of fused-ring (bicyclic) bond motifs is 1. The number of hydrogen-bond acceptors (Lipinski definition) is 9. The third-order valence-corrected chi connectivity index (χ3v) is 16.9. The van der Waals surface area contributed by atoms with Gasteiger partial charge in [-0.3, -0.25) is 38.6 Å². The highest BCUT2D eigenvalue weighted by atomic mass is 19.1. The number of aromatic amines is 1. The van der Waals surface area contributed by atoms with Crippen LogP contribution in [-0.2, 0) is 20.8 Å². The zero-order valence-corrected chi connectivity index (χ0v) is 42.5. The predicted molar refractivity (Wildman–Crippen MR) is 276 cm³/mol. The smallest absolute Gasteiger partial charge is 0.272 e. The van der Waals surface area contributed by atoms with E-state index in [1.807, 2.05) is 45.0 Å². The number of H-pyrrole nitrogens is 1. The summed E-state index contributed by atoms with van der Waals surface area (Å²) in [5.41, 5.74) is 2.68. The van der Waals surface area contributed by atoms with Crippen molar-refractivity contribution in [1.82, 2.24) is 44.9 Å². The number of nitrogens with one attached hydrogen (secondary N) is 2. The van der Waals surface area contributed by atoms with Crippen LogP contribution in [0.5, 0.6) is 0 Å². The van der Waals surface area contributed by atoms with Crippen LogP contribution in [0.4, 0.5) is 4.39 Å². The first-order valence-corrected chi connectivity index (χ1v) is 27.2. The Bertz CT molecular complexity index is 2720.